The fraction of sp³-hybridized carbons (Fsp3) is 0.316. The molecule has 3 aromatic rings. The molecule has 2 aromatic heterocycles. The SMILES string of the molecule is Cc1cc(C)c(NC(=O)[C@H](C)Sc2nnc(-c3ccco3)n2C)c(C)c1. The molecule has 1 aromatic carbocycles. The molecule has 0 aliphatic carbocycles. The van der Waals surface area contributed by atoms with E-state index in [9.17, 15) is 4.79 Å². The van der Waals surface area contributed by atoms with Crippen LogP contribution in [-0.4, -0.2) is 25.9 Å². The van der Waals surface area contributed by atoms with Crippen molar-refractivity contribution < 1.29 is 9.21 Å². The maximum atomic E-state index is 12.6. The number of aromatic nitrogens is 3. The Morgan fingerprint density at radius 1 is 1.23 bits per heavy atom. The number of aryl methyl sites for hydroxylation is 3. The Morgan fingerprint density at radius 2 is 1.92 bits per heavy atom. The lowest BCUT2D eigenvalue weighted by Crippen LogP contribution is -2.23. The Hall–Kier alpha value is -2.54. The van der Waals surface area contributed by atoms with Gasteiger partial charge in [-0.15, -0.1) is 10.2 Å². The summed E-state index contributed by atoms with van der Waals surface area (Å²) in [6.45, 7) is 7.92. The average molecular weight is 370 g/mol. The van der Waals surface area contributed by atoms with Gasteiger partial charge in [0.25, 0.3) is 0 Å². The van der Waals surface area contributed by atoms with E-state index in [4.69, 9.17) is 4.42 Å². The van der Waals surface area contributed by atoms with Gasteiger partial charge in [-0.3, -0.25) is 4.79 Å². The Morgan fingerprint density at radius 3 is 2.54 bits per heavy atom. The van der Waals surface area contributed by atoms with E-state index >= 15 is 0 Å². The second kappa shape index (κ2) is 7.37. The molecule has 0 saturated heterocycles. The smallest absolute Gasteiger partial charge is 0.237 e. The monoisotopic (exact) mass is 370 g/mol. The molecule has 0 bridgehead atoms. The minimum Gasteiger partial charge on any atom is -0.461 e. The number of anilines is 1. The van der Waals surface area contributed by atoms with Crippen molar-refractivity contribution in [2.75, 3.05) is 5.32 Å². The van der Waals surface area contributed by atoms with Gasteiger partial charge in [-0.05, 0) is 51.0 Å². The lowest BCUT2D eigenvalue weighted by atomic mass is 10.1. The first kappa shape index (κ1) is 18.3. The van der Waals surface area contributed by atoms with Gasteiger partial charge in [0.1, 0.15) is 0 Å². The highest BCUT2D eigenvalue weighted by atomic mass is 32.2. The molecule has 6 nitrogen and oxygen atoms in total. The molecule has 0 unspecified atom stereocenters. The zero-order chi connectivity index (χ0) is 18.8. The normalized spacial score (nSPS) is 12.2. The molecule has 7 heteroatoms. The van der Waals surface area contributed by atoms with Crippen LogP contribution in [0.2, 0.25) is 0 Å². The number of carbonyl (C=O) groups excluding carboxylic acids is 1. The highest BCUT2D eigenvalue weighted by Gasteiger charge is 2.21. The van der Waals surface area contributed by atoms with Gasteiger partial charge in [-0.1, -0.05) is 29.5 Å². The summed E-state index contributed by atoms with van der Waals surface area (Å²) in [6, 6.07) is 7.77. The van der Waals surface area contributed by atoms with Crippen molar-refractivity contribution in [2.45, 2.75) is 38.1 Å². The summed E-state index contributed by atoms with van der Waals surface area (Å²) in [5.74, 6) is 1.22. The van der Waals surface area contributed by atoms with Gasteiger partial charge >= 0.3 is 0 Å². The van der Waals surface area contributed by atoms with Crippen LogP contribution in [0, 0.1) is 20.8 Å². The first-order valence-electron chi connectivity index (χ1n) is 8.35. The van der Waals surface area contributed by atoms with E-state index in [1.54, 1.807) is 12.3 Å². The molecule has 1 N–H and O–H groups in total. The number of amides is 1. The van der Waals surface area contributed by atoms with Crippen molar-refractivity contribution in [3.8, 4) is 11.6 Å². The lowest BCUT2D eigenvalue weighted by molar-refractivity contribution is -0.115. The summed E-state index contributed by atoms with van der Waals surface area (Å²) in [7, 11) is 1.86. The van der Waals surface area contributed by atoms with Crippen LogP contribution in [0.25, 0.3) is 11.6 Å². The van der Waals surface area contributed by atoms with E-state index in [2.05, 4.69) is 34.6 Å². The molecule has 0 aliphatic rings. The minimum absolute atomic E-state index is 0.0624. The lowest BCUT2D eigenvalue weighted by Gasteiger charge is -2.16. The van der Waals surface area contributed by atoms with Gasteiger partial charge in [0.2, 0.25) is 5.91 Å². The van der Waals surface area contributed by atoms with Gasteiger partial charge in [-0.25, -0.2) is 0 Å². The maximum Gasteiger partial charge on any atom is 0.237 e. The standard InChI is InChI=1S/C19H22N4O2S/c1-11-9-12(2)16(13(3)10-11)20-18(24)14(4)26-19-22-21-17(23(19)5)15-7-6-8-25-15/h6-10,14H,1-5H3,(H,20,24)/t14-/m0/s1. The number of nitrogens with one attached hydrogen (secondary N) is 1. The number of furan rings is 1. The quantitative estimate of drug-likeness (QED) is 0.684. The van der Waals surface area contributed by atoms with Gasteiger partial charge in [0.05, 0.1) is 11.5 Å². The predicted octanol–water partition coefficient (Wildman–Crippen LogP) is 4.12. The molecule has 1 atom stereocenters. The van der Waals surface area contributed by atoms with Gasteiger partial charge in [0, 0.05) is 12.7 Å². The highest BCUT2D eigenvalue weighted by molar-refractivity contribution is 8.00. The number of hydrogen-bond donors (Lipinski definition) is 1. The predicted molar refractivity (Wildman–Crippen MR) is 103 cm³/mol. The Balaban J connectivity index is 1.73. The molecule has 2 heterocycles. The second-order valence-corrected chi connectivity index (χ2v) is 7.67. The third-order valence-electron chi connectivity index (χ3n) is 4.15. The van der Waals surface area contributed by atoms with Crippen molar-refractivity contribution in [3.63, 3.8) is 0 Å². The molecular weight excluding hydrogens is 348 g/mol. The number of thioether (sulfide) groups is 1. The molecular formula is C19H22N4O2S. The first-order chi connectivity index (χ1) is 12.4. The van der Waals surface area contributed by atoms with E-state index < -0.39 is 0 Å². The van der Waals surface area contributed by atoms with Crippen LogP contribution in [0.5, 0.6) is 0 Å². The molecule has 0 fully saturated rings. The fourth-order valence-electron chi connectivity index (χ4n) is 2.85. The topological polar surface area (TPSA) is 73.0 Å². The van der Waals surface area contributed by atoms with E-state index in [1.165, 1.54) is 17.3 Å². The van der Waals surface area contributed by atoms with Crippen LogP contribution >= 0.6 is 11.8 Å². The Bertz CT molecular complexity index is 908. The summed E-state index contributed by atoms with van der Waals surface area (Å²) < 4.78 is 7.20. The van der Waals surface area contributed by atoms with E-state index in [1.807, 2.05) is 38.5 Å². The minimum atomic E-state index is -0.317. The van der Waals surface area contributed by atoms with Crippen LogP contribution in [0.15, 0.2) is 40.1 Å². The first-order valence-corrected chi connectivity index (χ1v) is 9.23. The third kappa shape index (κ3) is 3.67. The Labute approximate surface area is 157 Å². The van der Waals surface area contributed by atoms with E-state index in [0.29, 0.717) is 16.7 Å². The van der Waals surface area contributed by atoms with Crippen molar-refractivity contribution in [1.82, 2.24) is 14.8 Å². The van der Waals surface area contributed by atoms with Gasteiger partial charge < -0.3 is 14.3 Å². The van der Waals surface area contributed by atoms with Crippen molar-refractivity contribution in [2.24, 2.45) is 7.05 Å². The number of nitrogens with zero attached hydrogens (tertiary/aromatic N) is 3. The van der Waals surface area contributed by atoms with Gasteiger partial charge in [-0.2, -0.15) is 0 Å². The molecule has 26 heavy (non-hydrogen) atoms. The van der Waals surface area contributed by atoms with Crippen LogP contribution in [-0.2, 0) is 11.8 Å². The average Bonchev–Trinajstić information content (AvgIpc) is 3.21. The number of carbonyl (C=O) groups is 1. The summed E-state index contributed by atoms with van der Waals surface area (Å²) in [4.78, 5) is 12.6. The van der Waals surface area contributed by atoms with Crippen molar-refractivity contribution >= 4 is 23.4 Å². The third-order valence-corrected chi connectivity index (χ3v) is 5.29. The highest BCUT2D eigenvalue weighted by Crippen LogP contribution is 2.28. The van der Waals surface area contributed by atoms with Crippen LogP contribution in [0.4, 0.5) is 5.69 Å². The molecule has 136 valence electrons. The number of rotatable bonds is 5. The molecule has 1 amide bonds. The van der Waals surface area contributed by atoms with Crippen molar-refractivity contribution in [1.29, 1.82) is 0 Å². The summed E-state index contributed by atoms with van der Waals surface area (Å²) >= 11 is 1.37. The molecule has 0 aliphatic heterocycles. The van der Waals surface area contributed by atoms with E-state index in [-0.39, 0.29) is 11.2 Å². The van der Waals surface area contributed by atoms with E-state index in [0.717, 1.165) is 16.8 Å². The van der Waals surface area contributed by atoms with Crippen molar-refractivity contribution in [3.05, 3.63) is 47.2 Å². The Kier molecular flexibility index (Phi) is 5.18. The summed E-state index contributed by atoms with van der Waals surface area (Å²) in [5.41, 5.74) is 4.19. The molecule has 0 spiro atoms. The molecule has 0 saturated carbocycles. The zero-order valence-electron chi connectivity index (χ0n) is 15.5. The fourth-order valence-corrected chi connectivity index (χ4v) is 3.67. The zero-order valence-corrected chi connectivity index (χ0v) is 16.3. The summed E-state index contributed by atoms with van der Waals surface area (Å²) in [6.07, 6.45) is 1.60. The van der Waals surface area contributed by atoms with Gasteiger partial charge in [0.15, 0.2) is 16.7 Å². The molecule has 0 radical (unpaired) electrons. The molecule has 3 rings (SSSR count). The maximum absolute atomic E-state index is 12.6. The largest absolute Gasteiger partial charge is 0.461 e. The van der Waals surface area contributed by atoms with Crippen LogP contribution in [0.3, 0.4) is 0 Å². The summed E-state index contributed by atoms with van der Waals surface area (Å²) in [5, 5.41) is 11.7. The number of hydrogen-bond acceptors (Lipinski definition) is 5. The second-order valence-electron chi connectivity index (χ2n) is 6.37. The van der Waals surface area contributed by atoms with Crippen LogP contribution in [0.1, 0.15) is 23.6 Å². The number of benzene rings is 1. The van der Waals surface area contributed by atoms with Crippen LogP contribution < -0.4 is 5.32 Å².